The van der Waals surface area contributed by atoms with E-state index in [-0.39, 0.29) is 11.4 Å². The van der Waals surface area contributed by atoms with E-state index in [0.29, 0.717) is 19.1 Å². The molecular weight excluding hydrogens is 273 g/mol. The molecule has 1 aromatic rings. The summed E-state index contributed by atoms with van der Waals surface area (Å²) in [5.74, 6) is -0.950. The van der Waals surface area contributed by atoms with Gasteiger partial charge in [-0.2, -0.15) is 13.2 Å². The van der Waals surface area contributed by atoms with Gasteiger partial charge >= 0.3 is 6.18 Å². The Morgan fingerprint density at radius 3 is 2.60 bits per heavy atom. The van der Waals surface area contributed by atoms with Crippen LogP contribution in [0.1, 0.15) is 28.9 Å². The maximum Gasteiger partial charge on any atom is 0.433 e. The fourth-order valence-corrected chi connectivity index (χ4v) is 1.70. The number of amides is 1. The van der Waals surface area contributed by atoms with E-state index in [1.807, 2.05) is 0 Å². The summed E-state index contributed by atoms with van der Waals surface area (Å²) in [6.07, 6.45) is -2.32. The topological polar surface area (TPSA) is 80.0 Å². The second kappa shape index (κ2) is 5.66. The van der Waals surface area contributed by atoms with Gasteiger partial charge in [0.1, 0.15) is 11.5 Å². The minimum atomic E-state index is -4.56. The monoisotopic (exact) mass is 288 g/mol. The maximum atomic E-state index is 12.6. The largest absolute Gasteiger partial charge is 0.433 e. The summed E-state index contributed by atoms with van der Waals surface area (Å²) >= 11 is 0. The van der Waals surface area contributed by atoms with Crippen molar-refractivity contribution in [1.82, 2.24) is 10.3 Å². The van der Waals surface area contributed by atoms with Crippen molar-refractivity contribution < 1.29 is 18.0 Å². The van der Waals surface area contributed by atoms with E-state index in [1.54, 1.807) is 0 Å². The number of nitrogens with one attached hydrogen (secondary N) is 2. The average molecular weight is 288 g/mol. The number of carbonyl (C=O) groups is 1. The minimum absolute atomic E-state index is 0.0515. The lowest BCUT2D eigenvalue weighted by molar-refractivity contribution is -0.141. The molecule has 0 bridgehead atoms. The number of hydrogen-bond acceptors (Lipinski definition) is 4. The van der Waals surface area contributed by atoms with Gasteiger partial charge in [0.05, 0.1) is 5.56 Å². The van der Waals surface area contributed by atoms with E-state index in [0.717, 1.165) is 25.0 Å². The third-order valence-corrected chi connectivity index (χ3v) is 2.88. The first kappa shape index (κ1) is 14.6. The Bertz CT molecular complexity index is 500. The first-order valence-electron chi connectivity index (χ1n) is 6.23. The third-order valence-electron chi connectivity index (χ3n) is 2.88. The molecule has 8 heteroatoms. The van der Waals surface area contributed by atoms with Crippen LogP contribution in [0.3, 0.4) is 0 Å². The fraction of sp³-hybridized carbons (Fsp3) is 0.500. The predicted octanol–water partition coefficient (Wildman–Crippen LogP) is 1.36. The number of alkyl halides is 3. The van der Waals surface area contributed by atoms with Crippen molar-refractivity contribution in [2.75, 3.05) is 18.4 Å². The number of primary amides is 1. The predicted molar refractivity (Wildman–Crippen MR) is 67.3 cm³/mol. The lowest BCUT2D eigenvalue weighted by atomic mass is 10.2. The van der Waals surface area contributed by atoms with Crippen LogP contribution in [0.25, 0.3) is 0 Å². The molecule has 0 spiro atoms. The standard InChI is InChI=1S/C12H15F3N4O/c13-12(14,15)9-4-3-8(10(16)20)11(19-9)18-6-5-17-7-1-2-7/h3-4,7,17H,1-2,5-6H2,(H2,16,20)(H,18,19). The molecule has 5 nitrogen and oxygen atoms in total. The summed E-state index contributed by atoms with van der Waals surface area (Å²) < 4.78 is 37.8. The molecule has 20 heavy (non-hydrogen) atoms. The Labute approximate surface area is 113 Å². The molecule has 1 fully saturated rings. The van der Waals surface area contributed by atoms with Gasteiger partial charge in [0.25, 0.3) is 5.91 Å². The second-order valence-corrected chi connectivity index (χ2v) is 4.61. The molecule has 0 atom stereocenters. The molecule has 110 valence electrons. The molecule has 1 aliphatic rings. The summed E-state index contributed by atoms with van der Waals surface area (Å²) in [6.45, 7) is 0.950. The molecule has 1 amide bonds. The zero-order valence-electron chi connectivity index (χ0n) is 10.6. The summed E-state index contributed by atoms with van der Waals surface area (Å²) in [7, 11) is 0. The highest BCUT2D eigenvalue weighted by Crippen LogP contribution is 2.29. The molecular formula is C12H15F3N4O. The molecule has 0 aromatic carbocycles. The molecule has 1 aromatic heterocycles. The van der Waals surface area contributed by atoms with Crippen LogP contribution in [-0.2, 0) is 6.18 Å². The number of nitrogens with two attached hydrogens (primary N) is 1. The van der Waals surface area contributed by atoms with Crippen LogP contribution < -0.4 is 16.4 Å². The fourth-order valence-electron chi connectivity index (χ4n) is 1.70. The van der Waals surface area contributed by atoms with Gasteiger partial charge in [0, 0.05) is 19.1 Å². The molecule has 0 saturated heterocycles. The summed E-state index contributed by atoms with van der Waals surface area (Å²) in [5.41, 5.74) is 4.01. The number of halogens is 3. The lowest BCUT2D eigenvalue weighted by Gasteiger charge is -2.12. The Hall–Kier alpha value is -1.83. The maximum absolute atomic E-state index is 12.6. The average Bonchev–Trinajstić information content (AvgIpc) is 3.17. The van der Waals surface area contributed by atoms with Gasteiger partial charge in [-0.3, -0.25) is 4.79 Å². The van der Waals surface area contributed by atoms with E-state index in [2.05, 4.69) is 15.6 Å². The zero-order chi connectivity index (χ0) is 14.8. The molecule has 1 saturated carbocycles. The summed E-state index contributed by atoms with van der Waals surface area (Å²) in [4.78, 5) is 14.6. The Balaban J connectivity index is 2.07. The van der Waals surface area contributed by atoms with E-state index in [4.69, 9.17) is 5.73 Å². The van der Waals surface area contributed by atoms with Crippen LogP contribution in [-0.4, -0.2) is 30.0 Å². The number of aromatic nitrogens is 1. The van der Waals surface area contributed by atoms with Gasteiger partial charge < -0.3 is 16.4 Å². The van der Waals surface area contributed by atoms with Crippen molar-refractivity contribution in [3.05, 3.63) is 23.4 Å². The summed E-state index contributed by atoms with van der Waals surface area (Å²) in [5, 5.41) is 5.91. The first-order chi connectivity index (χ1) is 9.38. The van der Waals surface area contributed by atoms with Crippen molar-refractivity contribution in [2.45, 2.75) is 25.1 Å². The molecule has 1 aliphatic carbocycles. The number of hydrogen-bond donors (Lipinski definition) is 3. The van der Waals surface area contributed by atoms with Crippen LogP contribution in [0.2, 0.25) is 0 Å². The molecule has 4 N–H and O–H groups in total. The number of pyridine rings is 1. The van der Waals surface area contributed by atoms with Crippen molar-refractivity contribution in [1.29, 1.82) is 0 Å². The van der Waals surface area contributed by atoms with E-state index in [9.17, 15) is 18.0 Å². The highest BCUT2D eigenvalue weighted by atomic mass is 19.4. The van der Waals surface area contributed by atoms with Crippen molar-refractivity contribution in [3.63, 3.8) is 0 Å². The van der Waals surface area contributed by atoms with Crippen molar-refractivity contribution in [3.8, 4) is 0 Å². The van der Waals surface area contributed by atoms with Gasteiger partial charge in [-0.1, -0.05) is 0 Å². The highest BCUT2D eigenvalue weighted by Gasteiger charge is 2.33. The van der Waals surface area contributed by atoms with Gasteiger partial charge in [-0.05, 0) is 25.0 Å². The molecule has 0 unspecified atom stereocenters. The quantitative estimate of drug-likeness (QED) is 0.691. The Morgan fingerprint density at radius 1 is 1.35 bits per heavy atom. The first-order valence-corrected chi connectivity index (χ1v) is 6.23. The minimum Gasteiger partial charge on any atom is -0.368 e. The van der Waals surface area contributed by atoms with Crippen LogP contribution >= 0.6 is 0 Å². The second-order valence-electron chi connectivity index (χ2n) is 4.61. The lowest BCUT2D eigenvalue weighted by Crippen LogP contribution is -2.26. The van der Waals surface area contributed by atoms with Gasteiger partial charge in [-0.25, -0.2) is 4.98 Å². The van der Waals surface area contributed by atoms with E-state index >= 15 is 0 Å². The van der Waals surface area contributed by atoms with Crippen molar-refractivity contribution >= 4 is 11.7 Å². The van der Waals surface area contributed by atoms with Crippen LogP contribution in [0.5, 0.6) is 0 Å². The normalized spacial score (nSPS) is 15.2. The van der Waals surface area contributed by atoms with Crippen LogP contribution in [0, 0.1) is 0 Å². The number of nitrogens with zero attached hydrogens (tertiary/aromatic N) is 1. The number of anilines is 1. The molecule has 2 rings (SSSR count). The van der Waals surface area contributed by atoms with Gasteiger partial charge in [0.15, 0.2) is 0 Å². The Morgan fingerprint density at radius 2 is 2.05 bits per heavy atom. The van der Waals surface area contributed by atoms with Gasteiger partial charge in [-0.15, -0.1) is 0 Å². The molecule has 0 aliphatic heterocycles. The zero-order valence-corrected chi connectivity index (χ0v) is 10.6. The smallest absolute Gasteiger partial charge is 0.368 e. The SMILES string of the molecule is NC(=O)c1ccc(C(F)(F)F)nc1NCCNC1CC1. The summed E-state index contributed by atoms with van der Waals surface area (Å²) in [6, 6.07) is 2.28. The number of rotatable bonds is 6. The van der Waals surface area contributed by atoms with Crippen LogP contribution in [0.4, 0.5) is 19.0 Å². The third kappa shape index (κ3) is 3.83. The molecule has 1 heterocycles. The van der Waals surface area contributed by atoms with Gasteiger partial charge in [0.2, 0.25) is 0 Å². The van der Waals surface area contributed by atoms with Crippen molar-refractivity contribution in [2.24, 2.45) is 5.73 Å². The highest BCUT2D eigenvalue weighted by molar-refractivity contribution is 5.97. The molecule has 0 radical (unpaired) electrons. The van der Waals surface area contributed by atoms with E-state index < -0.39 is 17.8 Å². The van der Waals surface area contributed by atoms with Crippen LogP contribution in [0.15, 0.2) is 12.1 Å². The number of carbonyl (C=O) groups excluding carboxylic acids is 1. The van der Waals surface area contributed by atoms with E-state index in [1.165, 1.54) is 0 Å². The Kier molecular flexibility index (Phi) is 4.12.